The lowest BCUT2D eigenvalue weighted by molar-refractivity contribution is 1.17. The Morgan fingerprint density at radius 1 is 0.420 bits per heavy atom. The predicted octanol–water partition coefficient (Wildman–Crippen LogP) is 12.6. The van der Waals surface area contributed by atoms with Gasteiger partial charge in [0.25, 0.3) is 0 Å². The van der Waals surface area contributed by atoms with Crippen molar-refractivity contribution in [3.63, 3.8) is 0 Å². The van der Waals surface area contributed by atoms with Crippen molar-refractivity contribution in [2.75, 3.05) is 0 Å². The van der Waals surface area contributed by atoms with E-state index in [2.05, 4.69) is 168 Å². The predicted molar refractivity (Wildman–Crippen MR) is 211 cm³/mol. The van der Waals surface area contributed by atoms with E-state index in [1.807, 2.05) is 23.5 Å². The topological polar surface area (TPSA) is 30.7 Å². The van der Waals surface area contributed by atoms with Gasteiger partial charge in [-0.15, -0.1) is 11.3 Å². The zero-order chi connectivity index (χ0) is 33.0. The number of hydrogen-bond acceptors (Lipinski definition) is 3. The summed E-state index contributed by atoms with van der Waals surface area (Å²) in [5.41, 5.74) is 10.9. The van der Waals surface area contributed by atoms with Crippen LogP contribution < -0.4 is 0 Å². The first-order valence-electron chi connectivity index (χ1n) is 16.8. The van der Waals surface area contributed by atoms with Crippen LogP contribution in [0.3, 0.4) is 0 Å². The van der Waals surface area contributed by atoms with E-state index >= 15 is 0 Å². The second kappa shape index (κ2) is 11.7. The molecular weight excluding hydrogens is 627 g/mol. The molecule has 7 aromatic carbocycles. The van der Waals surface area contributed by atoms with Gasteiger partial charge < -0.3 is 4.57 Å². The molecule has 10 aromatic rings. The fraction of sp³-hybridized carbons (Fsp3) is 0. The smallest absolute Gasteiger partial charge is 0.160 e. The molecule has 0 aliphatic heterocycles. The zero-order valence-corrected chi connectivity index (χ0v) is 27.8. The van der Waals surface area contributed by atoms with Gasteiger partial charge in [0, 0.05) is 53.3 Å². The minimum atomic E-state index is 0.705. The van der Waals surface area contributed by atoms with E-state index < -0.39 is 0 Å². The molecule has 50 heavy (non-hydrogen) atoms. The molecule has 4 heteroatoms. The molecular formula is C46H29N3S. The molecule has 0 saturated heterocycles. The van der Waals surface area contributed by atoms with Gasteiger partial charge in [-0.1, -0.05) is 127 Å². The van der Waals surface area contributed by atoms with Crippen LogP contribution in [0.2, 0.25) is 0 Å². The summed E-state index contributed by atoms with van der Waals surface area (Å²) in [5, 5.41) is 5.11. The molecule has 10 rings (SSSR count). The molecule has 3 nitrogen and oxygen atoms in total. The van der Waals surface area contributed by atoms with E-state index in [0.29, 0.717) is 5.82 Å². The van der Waals surface area contributed by atoms with Gasteiger partial charge in [-0.05, 0) is 59.7 Å². The van der Waals surface area contributed by atoms with Crippen LogP contribution in [-0.2, 0) is 0 Å². The first-order valence-corrected chi connectivity index (χ1v) is 17.7. The van der Waals surface area contributed by atoms with Crippen LogP contribution in [0.4, 0.5) is 0 Å². The van der Waals surface area contributed by atoms with E-state index in [1.54, 1.807) is 0 Å². The highest BCUT2D eigenvalue weighted by atomic mass is 32.1. The average molecular weight is 656 g/mol. The summed E-state index contributed by atoms with van der Waals surface area (Å²) in [6.07, 6.45) is 0. The number of hydrogen-bond donors (Lipinski definition) is 0. The summed E-state index contributed by atoms with van der Waals surface area (Å²) in [4.78, 5) is 10.2. The maximum atomic E-state index is 5.09. The summed E-state index contributed by atoms with van der Waals surface area (Å²) in [5.74, 6) is 0.705. The lowest BCUT2D eigenvalue weighted by atomic mass is 9.99. The lowest BCUT2D eigenvalue weighted by Crippen LogP contribution is -1.97. The number of thiophene rings is 1. The summed E-state index contributed by atoms with van der Waals surface area (Å²) in [6.45, 7) is 0. The molecule has 0 N–H and O–H groups in total. The number of aromatic nitrogens is 3. The van der Waals surface area contributed by atoms with Crippen molar-refractivity contribution >= 4 is 53.3 Å². The van der Waals surface area contributed by atoms with E-state index in [-0.39, 0.29) is 0 Å². The van der Waals surface area contributed by atoms with Crippen molar-refractivity contribution in [1.82, 2.24) is 14.5 Å². The molecule has 0 bridgehead atoms. The fourth-order valence-corrected chi connectivity index (χ4v) is 8.45. The Labute approximate surface area is 293 Å². The number of rotatable bonds is 5. The van der Waals surface area contributed by atoms with Gasteiger partial charge in [0.1, 0.15) is 0 Å². The minimum absolute atomic E-state index is 0.705. The highest BCUT2D eigenvalue weighted by molar-refractivity contribution is 7.26. The monoisotopic (exact) mass is 655 g/mol. The summed E-state index contributed by atoms with van der Waals surface area (Å²) in [6, 6.07) is 62.4. The first-order chi connectivity index (χ1) is 24.8. The number of benzene rings is 7. The van der Waals surface area contributed by atoms with Crippen molar-refractivity contribution in [2.24, 2.45) is 0 Å². The second-order valence-corrected chi connectivity index (χ2v) is 13.7. The van der Waals surface area contributed by atoms with Crippen molar-refractivity contribution in [3.05, 3.63) is 176 Å². The molecule has 0 saturated carbocycles. The van der Waals surface area contributed by atoms with Gasteiger partial charge in [-0.2, -0.15) is 0 Å². The highest BCUT2D eigenvalue weighted by Gasteiger charge is 2.21. The largest absolute Gasteiger partial charge is 0.309 e. The fourth-order valence-electron chi connectivity index (χ4n) is 7.34. The standard InChI is InChI=1S/C46H29N3S/c1-4-13-30(14-5-1)35-20-12-21-40-43(35)37-27-28-42-44(36-19-10-11-22-41(36)50-42)45(37)49(40)34-25-23-33(24-26-34)46-47-38(31-15-6-2-7-16-31)29-39(48-46)32-17-8-3-9-18-32/h1-29H. The van der Waals surface area contributed by atoms with Gasteiger partial charge in [0.2, 0.25) is 0 Å². The third kappa shape index (κ3) is 4.65. The molecule has 0 aliphatic rings. The molecule has 0 aliphatic carbocycles. The number of fused-ring (bicyclic) bond motifs is 7. The van der Waals surface area contributed by atoms with Crippen molar-refractivity contribution < 1.29 is 0 Å². The molecule has 3 heterocycles. The van der Waals surface area contributed by atoms with Crippen LogP contribution in [0.15, 0.2) is 176 Å². The Morgan fingerprint density at radius 3 is 1.72 bits per heavy atom. The average Bonchev–Trinajstić information content (AvgIpc) is 3.75. The second-order valence-electron chi connectivity index (χ2n) is 12.6. The lowest BCUT2D eigenvalue weighted by Gasteiger charge is -2.12. The summed E-state index contributed by atoms with van der Waals surface area (Å²) in [7, 11) is 0. The van der Waals surface area contributed by atoms with Crippen LogP contribution in [0, 0.1) is 0 Å². The van der Waals surface area contributed by atoms with Crippen LogP contribution in [0.25, 0.3) is 92.7 Å². The Morgan fingerprint density at radius 2 is 1.04 bits per heavy atom. The molecule has 0 amide bonds. The molecule has 0 unspecified atom stereocenters. The van der Waals surface area contributed by atoms with Gasteiger partial charge in [-0.3, -0.25) is 0 Å². The zero-order valence-electron chi connectivity index (χ0n) is 27.0. The van der Waals surface area contributed by atoms with E-state index in [9.17, 15) is 0 Å². The Hall–Kier alpha value is -6.36. The van der Waals surface area contributed by atoms with Crippen LogP contribution in [-0.4, -0.2) is 14.5 Å². The molecule has 0 spiro atoms. The molecule has 0 radical (unpaired) electrons. The summed E-state index contributed by atoms with van der Waals surface area (Å²) >= 11 is 1.86. The Bertz CT molecular complexity index is 2780. The maximum Gasteiger partial charge on any atom is 0.160 e. The van der Waals surface area contributed by atoms with Crippen molar-refractivity contribution in [1.29, 1.82) is 0 Å². The molecule has 0 atom stereocenters. The number of nitrogens with zero attached hydrogens (tertiary/aromatic N) is 3. The van der Waals surface area contributed by atoms with E-state index in [1.165, 1.54) is 53.1 Å². The van der Waals surface area contributed by atoms with Gasteiger partial charge in [-0.25, -0.2) is 9.97 Å². The maximum absolute atomic E-state index is 5.09. The quantitative estimate of drug-likeness (QED) is 0.185. The summed E-state index contributed by atoms with van der Waals surface area (Å²) < 4.78 is 5.05. The van der Waals surface area contributed by atoms with E-state index in [0.717, 1.165) is 33.8 Å². The van der Waals surface area contributed by atoms with Crippen LogP contribution >= 0.6 is 11.3 Å². The Balaban J connectivity index is 1.21. The van der Waals surface area contributed by atoms with Crippen LogP contribution in [0.1, 0.15) is 0 Å². The normalized spacial score (nSPS) is 11.6. The molecule has 0 fully saturated rings. The highest BCUT2D eigenvalue weighted by Crippen LogP contribution is 2.45. The van der Waals surface area contributed by atoms with Gasteiger partial charge in [0.05, 0.1) is 22.4 Å². The van der Waals surface area contributed by atoms with Gasteiger partial charge >= 0.3 is 0 Å². The van der Waals surface area contributed by atoms with E-state index in [4.69, 9.17) is 9.97 Å². The minimum Gasteiger partial charge on any atom is -0.309 e. The third-order valence-electron chi connectivity index (χ3n) is 9.63. The SMILES string of the molecule is c1ccc(-c2cc(-c3ccccc3)nc(-c3ccc(-n4c5cccc(-c6ccccc6)c5c5ccc6sc7ccccc7c6c54)cc3)n2)cc1. The molecule has 3 aromatic heterocycles. The van der Waals surface area contributed by atoms with Gasteiger partial charge in [0.15, 0.2) is 5.82 Å². The van der Waals surface area contributed by atoms with Crippen LogP contribution in [0.5, 0.6) is 0 Å². The first kappa shape index (κ1) is 28.6. The van der Waals surface area contributed by atoms with Crippen molar-refractivity contribution in [2.45, 2.75) is 0 Å². The van der Waals surface area contributed by atoms with Crippen molar-refractivity contribution in [3.8, 4) is 50.7 Å². The third-order valence-corrected chi connectivity index (χ3v) is 10.8. The molecule has 234 valence electrons. The Kier molecular flexibility index (Phi) is 6.68.